The topological polar surface area (TPSA) is 75.2 Å². The molecule has 0 radical (unpaired) electrons. The second-order valence-corrected chi connectivity index (χ2v) is 4.97. The summed E-state index contributed by atoms with van der Waals surface area (Å²) in [7, 11) is 0. The van der Waals surface area contributed by atoms with Crippen LogP contribution >= 0.6 is 0 Å². The minimum atomic E-state index is -0.195. The van der Waals surface area contributed by atoms with E-state index < -0.39 is 0 Å². The van der Waals surface area contributed by atoms with Crippen LogP contribution in [0.5, 0.6) is 0 Å². The molecule has 22 heavy (non-hydrogen) atoms. The van der Waals surface area contributed by atoms with E-state index in [4.69, 9.17) is 10.5 Å². The fourth-order valence-electron chi connectivity index (χ4n) is 2.48. The predicted octanol–water partition coefficient (Wildman–Crippen LogP) is 3.02. The summed E-state index contributed by atoms with van der Waals surface area (Å²) in [5, 5.41) is 21.1. The van der Waals surface area contributed by atoms with E-state index in [0.717, 1.165) is 24.5 Å². The standard InChI is InChI=1S/C17H13N5/c18-9-16(10-19)21-20-15-6-3-7-17(8-15)22-11-13-4-1-2-5-14(13)12-22/h1-8,20H,11-12H2. The SMILES string of the molecule is N#CC(C#N)=NNc1cccc(N2Cc3ccccc3C2)c1. The minimum absolute atomic E-state index is 0.195. The Bertz CT molecular complexity index is 769. The van der Waals surface area contributed by atoms with E-state index in [2.05, 4.69) is 39.7 Å². The van der Waals surface area contributed by atoms with Gasteiger partial charge in [-0.05, 0) is 29.3 Å². The largest absolute Gasteiger partial charge is 0.363 e. The maximum absolute atomic E-state index is 8.68. The van der Waals surface area contributed by atoms with Crippen molar-refractivity contribution in [2.75, 3.05) is 10.3 Å². The molecule has 5 nitrogen and oxygen atoms in total. The van der Waals surface area contributed by atoms with E-state index in [9.17, 15) is 0 Å². The summed E-state index contributed by atoms with van der Waals surface area (Å²) >= 11 is 0. The van der Waals surface area contributed by atoms with Gasteiger partial charge >= 0.3 is 0 Å². The number of rotatable bonds is 3. The zero-order valence-electron chi connectivity index (χ0n) is 11.8. The molecule has 0 saturated heterocycles. The van der Waals surface area contributed by atoms with Crippen molar-refractivity contribution in [2.45, 2.75) is 13.1 Å². The molecule has 3 rings (SSSR count). The van der Waals surface area contributed by atoms with Crippen LogP contribution in [0, 0.1) is 22.7 Å². The number of benzene rings is 2. The Kier molecular flexibility index (Phi) is 3.72. The van der Waals surface area contributed by atoms with Gasteiger partial charge in [0.1, 0.15) is 12.1 Å². The Morgan fingerprint density at radius 1 is 1.00 bits per heavy atom. The van der Waals surface area contributed by atoms with Gasteiger partial charge in [-0.1, -0.05) is 30.3 Å². The van der Waals surface area contributed by atoms with E-state index in [0.29, 0.717) is 0 Å². The molecule has 0 fully saturated rings. The van der Waals surface area contributed by atoms with Crippen molar-refractivity contribution in [1.82, 2.24) is 0 Å². The van der Waals surface area contributed by atoms with Crippen molar-refractivity contribution in [3.05, 3.63) is 59.7 Å². The Balaban J connectivity index is 1.78. The van der Waals surface area contributed by atoms with Crippen LogP contribution in [0.3, 0.4) is 0 Å². The van der Waals surface area contributed by atoms with Gasteiger partial charge in [0, 0.05) is 18.8 Å². The highest BCUT2D eigenvalue weighted by atomic mass is 15.3. The quantitative estimate of drug-likeness (QED) is 0.695. The maximum Gasteiger partial charge on any atom is 0.237 e. The third-order valence-corrected chi connectivity index (χ3v) is 3.56. The lowest BCUT2D eigenvalue weighted by Crippen LogP contribution is -2.14. The van der Waals surface area contributed by atoms with Gasteiger partial charge in [0.05, 0.1) is 5.69 Å². The van der Waals surface area contributed by atoms with Gasteiger partial charge in [0.2, 0.25) is 5.71 Å². The number of anilines is 2. The Morgan fingerprint density at radius 2 is 1.68 bits per heavy atom. The van der Waals surface area contributed by atoms with E-state index in [1.165, 1.54) is 11.1 Å². The van der Waals surface area contributed by atoms with Gasteiger partial charge < -0.3 is 4.90 Å². The second-order valence-electron chi connectivity index (χ2n) is 4.97. The fourth-order valence-corrected chi connectivity index (χ4v) is 2.48. The lowest BCUT2D eigenvalue weighted by molar-refractivity contribution is 0.880. The van der Waals surface area contributed by atoms with Crippen LogP contribution in [-0.4, -0.2) is 5.71 Å². The van der Waals surface area contributed by atoms with E-state index >= 15 is 0 Å². The first-order valence-corrected chi connectivity index (χ1v) is 6.86. The third-order valence-electron chi connectivity index (χ3n) is 3.56. The molecule has 5 heteroatoms. The molecule has 1 N–H and O–H groups in total. The van der Waals surface area contributed by atoms with Crippen molar-refractivity contribution in [3.8, 4) is 12.1 Å². The molecule has 0 spiro atoms. The molecule has 0 bridgehead atoms. The van der Waals surface area contributed by atoms with Crippen molar-refractivity contribution in [1.29, 1.82) is 10.5 Å². The highest BCUT2D eigenvalue weighted by molar-refractivity contribution is 6.10. The third kappa shape index (κ3) is 2.74. The normalized spacial score (nSPS) is 12.0. The Morgan fingerprint density at radius 3 is 2.32 bits per heavy atom. The van der Waals surface area contributed by atoms with Gasteiger partial charge in [-0.3, -0.25) is 5.43 Å². The van der Waals surface area contributed by atoms with Gasteiger partial charge in [-0.2, -0.15) is 15.6 Å². The first-order chi connectivity index (χ1) is 10.8. The molecule has 0 atom stereocenters. The molecule has 1 aliphatic heterocycles. The van der Waals surface area contributed by atoms with E-state index in [-0.39, 0.29) is 5.71 Å². The van der Waals surface area contributed by atoms with Crippen molar-refractivity contribution >= 4 is 17.1 Å². The molecule has 2 aromatic carbocycles. The summed E-state index contributed by atoms with van der Waals surface area (Å²) in [5.74, 6) is 0. The van der Waals surface area contributed by atoms with Crippen LogP contribution in [0.2, 0.25) is 0 Å². The number of nitrogens with zero attached hydrogens (tertiary/aromatic N) is 4. The van der Waals surface area contributed by atoms with Crippen LogP contribution in [-0.2, 0) is 13.1 Å². The molecule has 0 aromatic heterocycles. The molecule has 0 unspecified atom stereocenters. The first kappa shape index (κ1) is 13.7. The molecule has 0 saturated carbocycles. The minimum Gasteiger partial charge on any atom is -0.363 e. The number of nitrogens with one attached hydrogen (secondary N) is 1. The number of hydrogen-bond donors (Lipinski definition) is 1. The van der Waals surface area contributed by atoms with Gasteiger partial charge in [0.15, 0.2) is 0 Å². The molecule has 0 aliphatic carbocycles. The zero-order valence-corrected chi connectivity index (χ0v) is 11.8. The van der Waals surface area contributed by atoms with Gasteiger partial charge in [-0.15, -0.1) is 0 Å². The summed E-state index contributed by atoms with van der Waals surface area (Å²) < 4.78 is 0. The summed E-state index contributed by atoms with van der Waals surface area (Å²) in [4.78, 5) is 2.27. The summed E-state index contributed by atoms with van der Waals surface area (Å²) in [6.07, 6.45) is 0. The predicted molar refractivity (Wildman–Crippen MR) is 85.1 cm³/mol. The molecule has 106 valence electrons. The molecule has 2 aromatic rings. The molecular weight excluding hydrogens is 274 g/mol. The van der Waals surface area contributed by atoms with Crippen molar-refractivity contribution in [3.63, 3.8) is 0 Å². The zero-order chi connectivity index (χ0) is 15.4. The monoisotopic (exact) mass is 287 g/mol. The maximum atomic E-state index is 8.68. The second kappa shape index (κ2) is 5.99. The average Bonchev–Trinajstić information content (AvgIpc) is 3.00. The van der Waals surface area contributed by atoms with Crippen LogP contribution in [0.25, 0.3) is 0 Å². The Hall–Kier alpha value is -3.31. The van der Waals surface area contributed by atoms with Crippen LogP contribution < -0.4 is 10.3 Å². The van der Waals surface area contributed by atoms with Gasteiger partial charge in [0.25, 0.3) is 0 Å². The van der Waals surface area contributed by atoms with Crippen LogP contribution in [0.4, 0.5) is 11.4 Å². The summed E-state index contributed by atoms with van der Waals surface area (Å²) in [5.41, 5.74) is 7.06. The smallest absolute Gasteiger partial charge is 0.237 e. The van der Waals surface area contributed by atoms with Gasteiger partial charge in [-0.25, -0.2) is 0 Å². The van der Waals surface area contributed by atoms with Crippen molar-refractivity contribution < 1.29 is 0 Å². The Labute approximate surface area is 128 Å². The number of hydrogen-bond acceptors (Lipinski definition) is 5. The van der Waals surface area contributed by atoms with Crippen LogP contribution in [0.1, 0.15) is 11.1 Å². The summed E-state index contributed by atoms with van der Waals surface area (Å²) in [6.45, 7) is 1.76. The lowest BCUT2D eigenvalue weighted by atomic mass is 10.1. The van der Waals surface area contributed by atoms with E-state index in [1.54, 1.807) is 12.1 Å². The number of hydrazone groups is 1. The van der Waals surface area contributed by atoms with Crippen LogP contribution in [0.15, 0.2) is 53.6 Å². The average molecular weight is 287 g/mol. The molecule has 0 amide bonds. The molecule has 1 aliphatic rings. The molecule has 1 heterocycles. The fraction of sp³-hybridized carbons (Fsp3) is 0.118. The summed E-state index contributed by atoms with van der Waals surface area (Å²) in [6, 6.07) is 19.6. The van der Waals surface area contributed by atoms with Crippen molar-refractivity contribution in [2.24, 2.45) is 5.10 Å². The van der Waals surface area contributed by atoms with E-state index in [1.807, 2.05) is 24.3 Å². The molecular formula is C17H13N5. The number of nitriles is 2. The number of fused-ring (bicyclic) bond motifs is 1. The lowest BCUT2D eigenvalue weighted by Gasteiger charge is -2.18. The highest BCUT2D eigenvalue weighted by Crippen LogP contribution is 2.29. The highest BCUT2D eigenvalue weighted by Gasteiger charge is 2.18. The first-order valence-electron chi connectivity index (χ1n) is 6.86.